The molecule has 0 saturated heterocycles. The first-order valence-electron chi connectivity index (χ1n) is 5.88. The summed E-state index contributed by atoms with van der Waals surface area (Å²) < 4.78 is 5.34. The van der Waals surface area contributed by atoms with Crippen LogP contribution in [0.1, 0.15) is 19.6 Å². The van der Waals surface area contributed by atoms with Crippen molar-refractivity contribution in [3.63, 3.8) is 0 Å². The molecule has 3 nitrogen and oxygen atoms in total. The summed E-state index contributed by atoms with van der Waals surface area (Å²) in [6.45, 7) is 13.0. The van der Waals surface area contributed by atoms with E-state index in [4.69, 9.17) is 4.42 Å². The number of hydrogen-bond donors (Lipinski definition) is 1. The van der Waals surface area contributed by atoms with Gasteiger partial charge < -0.3 is 9.73 Å². The van der Waals surface area contributed by atoms with Gasteiger partial charge in [0.2, 0.25) is 0 Å². The van der Waals surface area contributed by atoms with Crippen molar-refractivity contribution in [1.29, 1.82) is 0 Å². The summed E-state index contributed by atoms with van der Waals surface area (Å²) >= 11 is 0. The van der Waals surface area contributed by atoms with Crippen LogP contribution >= 0.6 is 0 Å². The lowest BCUT2D eigenvalue weighted by molar-refractivity contribution is 0.274. The molecule has 0 atom stereocenters. The number of hydrogen-bond acceptors (Lipinski definition) is 3. The largest absolute Gasteiger partial charge is 0.468 e. The quantitative estimate of drug-likeness (QED) is 0.684. The Labute approximate surface area is 98.1 Å². The van der Waals surface area contributed by atoms with Crippen molar-refractivity contribution in [2.45, 2.75) is 20.4 Å². The van der Waals surface area contributed by atoms with E-state index in [9.17, 15) is 0 Å². The first-order chi connectivity index (χ1) is 7.76. The van der Waals surface area contributed by atoms with Crippen molar-refractivity contribution in [1.82, 2.24) is 10.2 Å². The maximum absolute atomic E-state index is 5.34. The van der Waals surface area contributed by atoms with Crippen molar-refractivity contribution >= 4 is 0 Å². The monoisotopic (exact) mass is 222 g/mol. The van der Waals surface area contributed by atoms with E-state index in [1.54, 1.807) is 6.26 Å². The Morgan fingerprint density at radius 2 is 2.31 bits per heavy atom. The van der Waals surface area contributed by atoms with Crippen LogP contribution in [0, 0.1) is 0 Å². The van der Waals surface area contributed by atoms with Crippen LogP contribution in [0.2, 0.25) is 0 Å². The van der Waals surface area contributed by atoms with Gasteiger partial charge in [-0.3, -0.25) is 4.90 Å². The summed E-state index contributed by atoms with van der Waals surface area (Å²) in [7, 11) is 0. The highest BCUT2D eigenvalue weighted by atomic mass is 16.3. The third kappa shape index (κ3) is 4.64. The van der Waals surface area contributed by atoms with Crippen LogP contribution in [-0.2, 0) is 6.54 Å². The smallest absolute Gasteiger partial charge is 0.117 e. The normalized spacial score (nSPS) is 10.9. The van der Waals surface area contributed by atoms with Gasteiger partial charge >= 0.3 is 0 Å². The van der Waals surface area contributed by atoms with E-state index in [0.29, 0.717) is 0 Å². The summed E-state index contributed by atoms with van der Waals surface area (Å²) in [5.74, 6) is 1.01. The van der Waals surface area contributed by atoms with Gasteiger partial charge in [0, 0.05) is 13.1 Å². The minimum absolute atomic E-state index is 0.856. The summed E-state index contributed by atoms with van der Waals surface area (Å²) in [5.41, 5.74) is 1.22. The molecule has 0 bridgehead atoms. The molecule has 1 aromatic rings. The van der Waals surface area contributed by atoms with Crippen LogP contribution < -0.4 is 5.32 Å². The van der Waals surface area contributed by atoms with Gasteiger partial charge in [-0.25, -0.2) is 0 Å². The average molecular weight is 222 g/mol. The van der Waals surface area contributed by atoms with Crippen LogP contribution in [0.15, 0.2) is 35.0 Å². The summed E-state index contributed by atoms with van der Waals surface area (Å²) in [6.07, 6.45) is 1.72. The van der Waals surface area contributed by atoms with E-state index >= 15 is 0 Å². The van der Waals surface area contributed by atoms with Crippen molar-refractivity contribution in [2.75, 3.05) is 26.2 Å². The van der Waals surface area contributed by atoms with Gasteiger partial charge in [-0.1, -0.05) is 20.4 Å². The summed E-state index contributed by atoms with van der Waals surface area (Å²) in [4.78, 5) is 2.32. The number of nitrogens with zero attached hydrogens (tertiary/aromatic N) is 1. The first-order valence-corrected chi connectivity index (χ1v) is 5.88. The molecule has 0 amide bonds. The van der Waals surface area contributed by atoms with Crippen LogP contribution in [0.4, 0.5) is 0 Å². The van der Waals surface area contributed by atoms with E-state index in [2.05, 4.69) is 30.6 Å². The van der Waals surface area contributed by atoms with Gasteiger partial charge in [0.1, 0.15) is 5.76 Å². The van der Waals surface area contributed by atoms with Crippen molar-refractivity contribution in [3.8, 4) is 0 Å². The summed E-state index contributed by atoms with van der Waals surface area (Å²) in [5, 5.41) is 3.29. The number of nitrogens with one attached hydrogen (secondary N) is 1. The molecule has 0 spiro atoms. The Morgan fingerprint density at radius 1 is 1.50 bits per heavy atom. The van der Waals surface area contributed by atoms with Gasteiger partial charge in [0.15, 0.2) is 0 Å². The molecule has 1 rings (SSSR count). The van der Waals surface area contributed by atoms with E-state index in [0.717, 1.165) is 38.5 Å². The highest BCUT2D eigenvalue weighted by Crippen LogP contribution is 2.06. The van der Waals surface area contributed by atoms with Crippen molar-refractivity contribution < 1.29 is 4.42 Å². The van der Waals surface area contributed by atoms with Crippen LogP contribution in [-0.4, -0.2) is 31.1 Å². The molecule has 0 saturated carbocycles. The highest BCUT2D eigenvalue weighted by molar-refractivity contribution is 5.02. The minimum Gasteiger partial charge on any atom is -0.468 e. The maximum atomic E-state index is 5.34. The average Bonchev–Trinajstić information content (AvgIpc) is 2.78. The first kappa shape index (κ1) is 13.0. The lowest BCUT2D eigenvalue weighted by Gasteiger charge is -2.20. The molecule has 3 heteroatoms. The predicted molar refractivity (Wildman–Crippen MR) is 67.3 cm³/mol. The molecule has 90 valence electrons. The Hall–Kier alpha value is -1.06. The Balaban J connectivity index is 2.34. The molecular formula is C13H22N2O. The highest BCUT2D eigenvalue weighted by Gasteiger charge is 2.06. The minimum atomic E-state index is 0.856. The van der Waals surface area contributed by atoms with Crippen LogP contribution in [0.3, 0.4) is 0 Å². The number of furan rings is 1. The van der Waals surface area contributed by atoms with Gasteiger partial charge in [-0.2, -0.15) is 0 Å². The second-order valence-electron chi connectivity index (χ2n) is 3.91. The van der Waals surface area contributed by atoms with Gasteiger partial charge in [0.25, 0.3) is 0 Å². The fraction of sp³-hybridized carbons (Fsp3) is 0.538. The second kappa shape index (κ2) is 7.25. The third-order valence-corrected chi connectivity index (χ3v) is 2.48. The zero-order valence-corrected chi connectivity index (χ0v) is 10.3. The zero-order valence-electron chi connectivity index (χ0n) is 10.3. The fourth-order valence-corrected chi connectivity index (χ4v) is 1.58. The fourth-order valence-electron chi connectivity index (χ4n) is 1.58. The Morgan fingerprint density at radius 3 is 2.88 bits per heavy atom. The van der Waals surface area contributed by atoms with Gasteiger partial charge in [0.05, 0.1) is 12.8 Å². The summed E-state index contributed by atoms with van der Waals surface area (Å²) in [6, 6.07) is 3.94. The lowest BCUT2D eigenvalue weighted by Crippen LogP contribution is -2.28. The number of rotatable bonds is 8. The SMILES string of the molecule is C=C(CNCC)CN(CC)Cc1ccco1. The van der Waals surface area contributed by atoms with E-state index < -0.39 is 0 Å². The molecule has 0 aliphatic heterocycles. The van der Waals surface area contributed by atoms with Crippen molar-refractivity contribution in [2.24, 2.45) is 0 Å². The van der Waals surface area contributed by atoms with Crippen LogP contribution in [0.25, 0.3) is 0 Å². The maximum Gasteiger partial charge on any atom is 0.117 e. The Kier molecular flexibility index (Phi) is 5.90. The molecule has 1 heterocycles. The predicted octanol–water partition coefficient (Wildman–Crippen LogP) is 2.27. The van der Waals surface area contributed by atoms with Crippen molar-refractivity contribution in [3.05, 3.63) is 36.3 Å². The molecule has 0 aliphatic carbocycles. The second-order valence-corrected chi connectivity index (χ2v) is 3.91. The van der Waals surface area contributed by atoms with Crippen LogP contribution in [0.5, 0.6) is 0 Å². The van der Waals surface area contributed by atoms with E-state index in [1.165, 1.54) is 5.57 Å². The molecule has 0 aliphatic rings. The zero-order chi connectivity index (χ0) is 11.8. The van der Waals surface area contributed by atoms with Gasteiger partial charge in [-0.15, -0.1) is 0 Å². The van der Waals surface area contributed by atoms with E-state index in [-0.39, 0.29) is 0 Å². The van der Waals surface area contributed by atoms with Gasteiger partial charge in [-0.05, 0) is 30.8 Å². The molecule has 0 fully saturated rings. The standard InChI is InChI=1S/C13H22N2O/c1-4-14-9-12(3)10-15(5-2)11-13-7-6-8-16-13/h6-8,14H,3-5,9-11H2,1-2H3. The topological polar surface area (TPSA) is 28.4 Å². The molecular weight excluding hydrogens is 200 g/mol. The lowest BCUT2D eigenvalue weighted by atomic mass is 10.2. The molecule has 16 heavy (non-hydrogen) atoms. The molecule has 0 unspecified atom stereocenters. The molecule has 1 aromatic heterocycles. The number of likely N-dealkylation sites (N-methyl/N-ethyl adjacent to an activating group) is 2. The molecule has 1 N–H and O–H groups in total. The molecule has 0 radical (unpaired) electrons. The van der Waals surface area contributed by atoms with E-state index in [1.807, 2.05) is 12.1 Å². The Bertz CT molecular complexity index is 293. The third-order valence-electron chi connectivity index (χ3n) is 2.48. The molecule has 0 aromatic carbocycles.